The Morgan fingerprint density at radius 2 is 1.66 bits per heavy atom. The number of methoxy groups -OCH3 is 3. The van der Waals surface area contributed by atoms with Gasteiger partial charge in [-0.2, -0.15) is 8.78 Å². The van der Waals surface area contributed by atoms with E-state index in [9.17, 15) is 13.6 Å². The molecule has 8 heteroatoms. The van der Waals surface area contributed by atoms with Crippen molar-refractivity contribution >= 4 is 5.91 Å². The van der Waals surface area contributed by atoms with E-state index in [-0.39, 0.29) is 23.4 Å². The molecule has 0 atom stereocenters. The van der Waals surface area contributed by atoms with Gasteiger partial charge in [0.25, 0.3) is 5.91 Å². The molecule has 0 radical (unpaired) electrons. The molecule has 0 saturated heterocycles. The van der Waals surface area contributed by atoms with Crippen LogP contribution in [0.5, 0.6) is 23.0 Å². The van der Waals surface area contributed by atoms with E-state index in [0.29, 0.717) is 23.6 Å². The number of benzene rings is 2. The summed E-state index contributed by atoms with van der Waals surface area (Å²) in [5.74, 6) is 1.04. The van der Waals surface area contributed by atoms with E-state index in [1.807, 2.05) is 0 Å². The number of hydrogen-bond donors (Lipinski definition) is 0. The molecule has 0 N–H and O–H groups in total. The van der Waals surface area contributed by atoms with E-state index >= 15 is 0 Å². The second kappa shape index (κ2) is 8.98. The smallest absolute Gasteiger partial charge is 0.387 e. The zero-order valence-electron chi connectivity index (χ0n) is 16.5. The summed E-state index contributed by atoms with van der Waals surface area (Å²) in [4.78, 5) is 15.0. The largest absolute Gasteiger partial charge is 0.497 e. The van der Waals surface area contributed by atoms with Gasteiger partial charge in [0.2, 0.25) is 0 Å². The number of nitrogens with zero attached hydrogens (tertiary/aromatic N) is 1. The van der Waals surface area contributed by atoms with Crippen LogP contribution in [0.4, 0.5) is 8.78 Å². The van der Waals surface area contributed by atoms with Gasteiger partial charge in [-0.3, -0.25) is 4.79 Å². The van der Waals surface area contributed by atoms with Gasteiger partial charge in [-0.25, -0.2) is 0 Å². The summed E-state index contributed by atoms with van der Waals surface area (Å²) in [6, 6.07) is 9.83. The lowest BCUT2D eigenvalue weighted by Gasteiger charge is -2.24. The molecule has 0 aromatic heterocycles. The first-order chi connectivity index (χ1) is 13.9. The van der Waals surface area contributed by atoms with Crippen LogP contribution in [-0.2, 0) is 6.54 Å². The van der Waals surface area contributed by atoms with Crippen molar-refractivity contribution in [3.8, 4) is 23.0 Å². The molecule has 2 aromatic rings. The molecule has 1 aliphatic rings. The van der Waals surface area contributed by atoms with Crippen LogP contribution in [0.3, 0.4) is 0 Å². The van der Waals surface area contributed by atoms with Gasteiger partial charge in [0, 0.05) is 24.2 Å². The van der Waals surface area contributed by atoms with Gasteiger partial charge in [-0.15, -0.1) is 0 Å². The van der Waals surface area contributed by atoms with Crippen molar-refractivity contribution in [1.29, 1.82) is 0 Å². The monoisotopic (exact) mass is 407 g/mol. The number of carbonyl (C=O) groups excluding carboxylic acids is 1. The van der Waals surface area contributed by atoms with Crippen LogP contribution in [-0.4, -0.2) is 44.8 Å². The number of rotatable bonds is 9. The number of alkyl halides is 2. The van der Waals surface area contributed by atoms with Crippen molar-refractivity contribution in [3.63, 3.8) is 0 Å². The summed E-state index contributed by atoms with van der Waals surface area (Å²) in [5.41, 5.74) is 1.20. The first-order valence-electron chi connectivity index (χ1n) is 9.11. The molecule has 29 heavy (non-hydrogen) atoms. The van der Waals surface area contributed by atoms with Crippen molar-refractivity contribution in [2.45, 2.75) is 32.0 Å². The molecular formula is C21H23F2NO5. The summed E-state index contributed by atoms with van der Waals surface area (Å²) in [6.07, 6.45) is 1.83. The van der Waals surface area contributed by atoms with E-state index in [2.05, 4.69) is 4.74 Å². The molecule has 1 fully saturated rings. The second-order valence-electron chi connectivity index (χ2n) is 6.63. The van der Waals surface area contributed by atoms with Gasteiger partial charge in [-0.1, -0.05) is 6.07 Å². The van der Waals surface area contributed by atoms with Crippen molar-refractivity contribution in [2.75, 3.05) is 21.3 Å². The van der Waals surface area contributed by atoms with Crippen molar-refractivity contribution in [1.82, 2.24) is 4.90 Å². The summed E-state index contributed by atoms with van der Waals surface area (Å²) in [5, 5.41) is 0. The Kier molecular flexibility index (Phi) is 6.41. The molecular weight excluding hydrogens is 384 g/mol. The topological polar surface area (TPSA) is 57.2 Å². The molecule has 1 amide bonds. The molecule has 0 aliphatic heterocycles. The number of hydrogen-bond acceptors (Lipinski definition) is 5. The van der Waals surface area contributed by atoms with Gasteiger partial charge < -0.3 is 23.8 Å². The highest BCUT2D eigenvalue weighted by Gasteiger charge is 2.33. The van der Waals surface area contributed by atoms with Crippen LogP contribution in [0.2, 0.25) is 0 Å². The van der Waals surface area contributed by atoms with Gasteiger partial charge in [0.05, 0.1) is 21.3 Å². The maximum absolute atomic E-state index is 13.2. The minimum Gasteiger partial charge on any atom is -0.497 e. The highest BCUT2D eigenvalue weighted by atomic mass is 19.3. The fraction of sp³-hybridized carbons (Fsp3) is 0.381. The first-order valence-corrected chi connectivity index (χ1v) is 9.11. The normalized spacial score (nSPS) is 13.2. The van der Waals surface area contributed by atoms with E-state index in [1.165, 1.54) is 27.4 Å². The maximum Gasteiger partial charge on any atom is 0.387 e. The zero-order valence-corrected chi connectivity index (χ0v) is 16.5. The van der Waals surface area contributed by atoms with Crippen LogP contribution >= 0.6 is 0 Å². The van der Waals surface area contributed by atoms with Crippen LogP contribution in [0.25, 0.3) is 0 Å². The number of amides is 1. The molecule has 156 valence electrons. The predicted molar refractivity (Wildman–Crippen MR) is 102 cm³/mol. The Balaban J connectivity index is 1.85. The molecule has 6 nitrogen and oxygen atoms in total. The maximum atomic E-state index is 13.2. The highest BCUT2D eigenvalue weighted by molar-refractivity contribution is 5.95. The van der Waals surface area contributed by atoms with Crippen LogP contribution in [0.1, 0.15) is 28.8 Å². The third-order valence-corrected chi connectivity index (χ3v) is 4.64. The van der Waals surface area contributed by atoms with E-state index < -0.39 is 6.61 Å². The Bertz CT molecular complexity index is 848. The number of ether oxygens (including phenoxy) is 4. The minimum atomic E-state index is -2.94. The van der Waals surface area contributed by atoms with Gasteiger partial charge >= 0.3 is 6.61 Å². The van der Waals surface area contributed by atoms with E-state index in [1.54, 1.807) is 35.2 Å². The lowest BCUT2D eigenvalue weighted by atomic mass is 10.1. The quantitative estimate of drug-likeness (QED) is 0.626. The van der Waals surface area contributed by atoms with Gasteiger partial charge in [0.15, 0.2) is 11.5 Å². The average molecular weight is 407 g/mol. The molecule has 1 aliphatic carbocycles. The molecule has 0 bridgehead atoms. The van der Waals surface area contributed by atoms with Crippen LogP contribution < -0.4 is 18.9 Å². The number of halogens is 2. The van der Waals surface area contributed by atoms with Crippen molar-refractivity contribution < 1.29 is 32.5 Å². The summed E-state index contributed by atoms with van der Waals surface area (Å²) < 4.78 is 45.2. The van der Waals surface area contributed by atoms with Crippen molar-refractivity contribution in [3.05, 3.63) is 47.5 Å². The fourth-order valence-electron chi connectivity index (χ4n) is 3.05. The first kappa shape index (κ1) is 20.7. The Labute approximate surface area is 167 Å². The lowest BCUT2D eigenvalue weighted by molar-refractivity contribution is -0.0512. The lowest BCUT2D eigenvalue weighted by Crippen LogP contribution is -2.32. The standard InChI is InChI=1S/C21H23F2NO5/c1-26-16-9-14(10-17(11-16)27-2)20(25)24(15-5-6-15)12-13-4-7-18(29-21(22)23)19(8-13)28-3/h4,7-11,15,21H,5-6,12H2,1-3H3. The minimum absolute atomic E-state index is 0.0481. The van der Waals surface area contributed by atoms with Crippen molar-refractivity contribution in [2.24, 2.45) is 0 Å². The third-order valence-electron chi connectivity index (χ3n) is 4.64. The SMILES string of the molecule is COc1cc(OC)cc(C(=O)N(Cc2ccc(OC(F)F)c(OC)c2)C2CC2)c1. The molecule has 0 unspecified atom stereocenters. The fourth-order valence-corrected chi connectivity index (χ4v) is 3.05. The van der Waals surface area contributed by atoms with E-state index in [0.717, 1.165) is 18.4 Å². The molecule has 1 saturated carbocycles. The Hall–Kier alpha value is -3.03. The molecule has 0 heterocycles. The summed E-state index contributed by atoms with van der Waals surface area (Å²) in [7, 11) is 4.43. The average Bonchev–Trinajstić information content (AvgIpc) is 3.56. The zero-order chi connectivity index (χ0) is 21.0. The van der Waals surface area contributed by atoms with Gasteiger partial charge in [0.1, 0.15) is 11.5 Å². The Morgan fingerprint density at radius 1 is 1.00 bits per heavy atom. The predicted octanol–water partition coefficient (Wildman–Crippen LogP) is 4.12. The second-order valence-corrected chi connectivity index (χ2v) is 6.63. The number of carbonyl (C=O) groups is 1. The summed E-state index contributed by atoms with van der Waals surface area (Å²) >= 11 is 0. The van der Waals surface area contributed by atoms with E-state index in [4.69, 9.17) is 14.2 Å². The summed E-state index contributed by atoms with van der Waals surface area (Å²) in [6.45, 7) is -2.63. The molecule has 3 rings (SSSR count). The highest BCUT2D eigenvalue weighted by Crippen LogP contribution is 2.34. The Morgan fingerprint density at radius 3 is 2.17 bits per heavy atom. The van der Waals surface area contributed by atoms with Crippen LogP contribution in [0, 0.1) is 0 Å². The van der Waals surface area contributed by atoms with Crippen LogP contribution in [0.15, 0.2) is 36.4 Å². The van der Waals surface area contributed by atoms with Gasteiger partial charge in [-0.05, 0) is 42.7 Å². The molecule has 0 spiro atoms. The third kappa shape index (κ3) is 5.07. The molecule has 2 aromatic carbocycles.